The number of anilines is 2. The fourth-order valence-electron chi connectivity index (χ4n) is 2.47. The van der Waals surface area contributed by atoms with Gasteiger partial charge < -0.3 is 25.4 Å². The summed E-state index contributed by atoms with van der Waals surface area (Å²) in [5.74, 6) is -0.265. The zero-order valence-electron chi connectivity index (χ0n) is 17.9. The van der Waals surface area contributed by atoms with Crippen molar-refractivity contribution in [3.63, 3.8) is 0 Å². The van der Waals surface area contributed by atoms with Gasteiger partial charge in [-0.1, -0.05) is 0 Å². The standard InChI is InChI=1S/C7H4N2O3.C7H6N2O.C6H6N2O3.F2.FH/c10-9(11)5-1-2-6-7(3-5)12-4-8-6;8-5-1-2-6-7(3-5)10-4-9-6;7-5-2-1-4(8(10)11)3-6(5)9;1-2;/h1-4H;1-4H,8H2;1-3,9H,7H2;;1H. The molecule has 13 nitrogen and oxygen atoms in total. The molecule has 0 aliphatic rings. The van der Waals surface area contributed by atoms with Crippen molar-refractivity contribution < 1.29 is 37.6 Å². The van der Waals surface area contributed by atoms with Crippen molar-refractivity contribution in [2.75, 3.05) is 11.5 Å². The maximum atomic E-state index is 10.3. The van der Waals surface area contributed by atoms with E-state index in [1.54, 1.807) is 18.2 Å². The number of non-ortho nitro benzene ring substituents is 2. The van der Waals surface area contributed by atoms with E-state index in [0.29, 0.717) is 16.8 Å². The van der Waals surface area contributed by atoms with Crippen LogP contribution >= 0.6 is 0 Å². The number of nitrogen functional groups attached to an aromatic ring is 2. The van der Waals surface area contributed by atoms with Crippen molar-refractivity contribution in [2.24, 2.45) is 0 Å². The SMILES string of the molecule is F.FF.Nc1ccc([N+](=O)[O-])cc1O.Nc1ccc2ncoc2c1.O=[N+]([O-])c1ccc2ncoc2c1. The minimum Gasteiger partial charge on any atom is -0.506 e. The molecule has 0 aliphatic carbocycles. The van der Waals surface area contributed by atoms with Gasteiger partial charge in [0.15, 0.2) is 24.0 Å². The van der Waals surface area contributed by atoms with Crippen LogP contribution in [0.15, 0.2) is 76.2 Å². The molecule has 36 heavy (non-hydrogen) atoms. The topological polar surface area (TPSA) is 211 Å². The molecule has 2 aromatic heterocycles. The van der Waals surface area contributed by atoms with Gasteiger partial charge in [-0.25, -0.2) is 9.97 Å². The summed E-state index contributed by atoms with van der Waals surface area (Å²) < 4.78 is 25.9. The van der Waals surface area contributed by atoms with E-state index in [-0.39, 0.29) is 27.5 Å². The molecule has 0 saturated heterocycles. The van der Waals surface area contributed by atoms with Gasteiger partial charge in [-0.2, -0.15) is 0 Å². The number of aromatic hydroxyl groups is 1. The summed E-state index contributed by atoms with van der Waals surface area (Å²) in [7, 11) is 0. The lowest BCUT2D eigenvalue weighted by atomic mass is 10.3. The molecule has 3 aromatic carbocycles. The first-order valence-corrected chi connectivity index (χ1v) is 9.18. The van der Waals surface area contributed by atoms with Crippen LogP contribution in [-0.2, 0) is 0 Å². The predicted octanol–water partition coefficient (Wildman–Crippen LogP) is 5.02. The van der Waals surface area contributed by atoms with Gasteiger partial charge in [-0.05, 0) is 24.3 Å². The van der Waals surface area contributed by atoms with E-state index in [1.165, 1.54) is 37.1 Å². The number of fused-ring (bicyclic) bond motifs is 2. The first-order chi connectivity index (χ1) is 16.7. The van der Waals surface area contributed by atoms with Gasteiger partial charge >= 0.3 is 0 Å². The molecule has 0 radical (unpaired) electrons. The van der Waals surface area contributed by atoms with Crippen LogP contribution in [0.5, 0.6) is 5.75 Å². The Morgan fingerprint density at radius 3 is 1.78 bits per heavy atom. The zero-order valence-corrected chi connectivity index (χ0v) is 17.9. The Hall–Kier alpha value is -5.41. The molecule has 0 fully saturated rings. The number of nitro benzene ring substituents is 2. The number of phenols is 1. The number of halogens is 3. The van der Waals surface area contributed by atoms with E-state index in [2.05, 4.69) is 9.97 Å². The molecule has 0 amide bonds. The molecular formula is C20H17F3N6O7. The van der Waals surface area contributed by atoms with Crippen LogP contribution in [0.4, 0.5) is 36.6 Å². The largest absolute Gasteiger partial charge is 0.506 e. The molecule has 190 valence electrons. The van der Waals surface area contributed by atoms with Crippen LogP contribution in [0.2, 0.25) is 0 Å². The Kier molecular flexibility index (Phi) is 10.6. The van der Waals surface area contributed by atoms with Crippen LogP contribution in [0.3, 0.4) is 0 Å². The van der Waals surface area contributed by atoms with Crippen molar-refractivity contribution >= 4 is 44.9 Å². The van der Waals surface area contributed by atoms with E-state index in [1.807, 2.05) is 6.07 Å². The quantitative estimate of drug-likeness (QED) is 0.124. The molecule has 0 saturated carbocycles. The molecule has 5 aromatic rings. The second-order valence-corrected chi connectivity index (χ2v) is 6.34. The zero-order chi connectivity index (χ0) is 26.0. The third kappa shape index (κ3) is 7.58. The van der Waals surface area contributed by atoms with E-state index in [4.69, 9.17) is 34.6 Å². The number of oxazole rings is 2. The minimum atomic E-state index is -0.598. The van der Waals surface area contributed by atoms with Crippen molar-refractivity contribution in [2.45, 2.75) is 0 Å². The summed E-state index contributed by atoms with van der Waals surface area (Å²) in [6.45, 7) is 0. The lowest BCUT2D eigenvalue weighted by Gasteiger charge is -1.95. The van der Waals surface area contributed by atoms with Crippen molar-refractivity contribution in [1.82, 2.24) is 9.97 Å². The van der Waals surface area contributed by atoms with Gasteiger partial charge in [0.05, 0.1) is 27.7 Å². The third-order valence-electron chi connectivity index (χ3n) is 4.11. The molecule has 2 heterocycles. The first kappa shape index (κ1) is 28.6. The predicted molar refractivity (Wildman–Crippen MR) is 123 cm³/mol. The molecule has 5 N–H and O–H groups in total. The van der Waals surface area contributed by atoms with Crippen molar-refractivity contribution in [3.8, 4) is 5.75 Å². The third-order valence-corrected chi connectivity index (χ3v) is 4.11. The minimum absolute atomic E-state index is 0. The van der Waals surface area contributed by atoms with Crippen LogP contribution in [0.1, 0.15) is 0 Å². The van der Waals surface area contributed by atoms with Gasteiger partial charge in [0.1, 0.15) is 16.8 Å². The van der Waals surface area contributed by atoms with E-state index >= 15 is 0 Å². The lowest BCUT2D eigenvalue weighted by Crippen LogP contribution is -1.89. The fraction of sp³-hybridized carbons (Fsp3) is 0. The van der Waals surface area contributed by atoms with Crippen LogP contribution in [0, 0.1) is 20.2 Å². The van der Waals surface area contributed by atoms with Gasteiger partial charge in [0.25, 0.3) is 11.4 Å². The maximum Gasteiger partial charge on any atom is 0.273 e. The first-order valence-electron chi connectivity index (χ1n) is 9.18. The number of hydrogen-bond donors (Lipinski definition) is 3. The normalized spacial score (nSPS) is 9.39. The molecular weight excluding hydrogens is 493 g/mol. The monoisotopic (exact) mass is 510 g/mol. The highest BCUT2D eigenvalue weighted by atomic mass is 20.0. The molecule has 16 heteroatoms. The number of hydrogen-bond acceptors (Lipinski definition) is 11. The van der Waals surface area contributed by atoms with Crippen LogP contribution < -0.4 is 11.5 Å². The number of rotatable bonds is 2. The van der Waals surface area contributed by atoms with E-state index < -0.39 is 9.85 Å². The van der Waals surface area contributed by atoms with Gasteiger partial charge in [-0.3, -0.25) is 24.9 Å². The number of benzene rings is 3. The fourth-order valence-corrected chi connectivity index (χ4v) is 2.47. The van der Waals surface area contributed by atoms with E-state index in [0.717, 1.165) is 17.2 Å². The van der Waals surface area contributed by atoms with E-state index in [9.17, 15) is 20.2 Å². The average molecular weight is 510 g/mol. The highest BCUT2D eigenvalue weighted by Gasteiger charge is 2.08. The Morgan fingerprint density at radius 2 is 1.25 bits per heavy atom. The number of nitrogens with two attached hydrogens (primary N) is 2. The summed E-state index contributed by atoms with van der Waals surface area (Å²) >= 11 is 0. The molecule has 0 bridgehead atoms. The summed E-state index contributed by atoms with van der Waals surface area (Å²) in [5, 5.41) is 29.3. The Balaban J connectivity index is 0.000000258. The summed E-state index contributed by atoms with van der Waals surface area (Å²) in [4.78, 5) is 27.1. The number of aromatic nitrogens is 2. The van der Waals surface area contributed by atoms with Gasteiger partial charge in [0.2, 0.25) is 0 Å². The second kappa shape index (κ2) is 13.3. The Bertz CT molecular complexity index is 1440. The molecule has 0 aliphatic heterocycles. The van der Waals surface area contributed by atoms with Crippen LogP contribution in [0.25, 0.3) is 22.2 Å². The molecule has 0 unspecified atom stereocenters. The summed E-state index contributed by atoms with van der Waals surface area (Å²) in [6.07, 6.45) is 2.67. The number of nitrogens with zero attached hydrogens (tertiary/aromatic N) is 4. The van der Waals surface area contributed by atoms with Crippen molar-refractivity contribution in [1.29, 1.82) is 0 Å². The Morgan fingerprint density at radius 1 is 0.778 bits per heavy atom. The molecule has 5 rings (SSSR count). The average Bonchev–Trinajstić information content (AvgIpc) is 3.51. The highest BCUT2D eigenvalue weighted by molar-refractivity contribution is 5.76. The summed E-state index contributed by atoms with van der Waals surface area (Å²) in [6, 6.07) is 13.2. The highest BCUT2D eigenvalue weighted by Crippen LogP contribution is 2.24. The smallest absolute Gasteiger partial charge is 0.273 e. The summed E-state index contributed by atoms with van der Waals surface area (Å²) in [5.41, 5.74) is 14.0. The second-order valence-electron chi connectivity index (χ2n) is 6.34. The molecule has 0 atom stereocenters. The molecule has 0 spiro atoms. The maximum absolute atomic E-state index is 10.3. The lowest BCUT2D eigenvalue weighted by molar-refractivity contribution is -0.385. The van der Waals surface area contributed by atoms with Gasteiger partial charge in [-0.15, -0.1) is 0 Å². The van der Waals surface area contributed by atoms with Crippen molar-refractivity contribution in [3.05, 3.63) is 87.6 Å². The number of nitro groups is 2. The van der Waals surface area contributed by atoms with Gasteiger partial charge in [0, 0.05) is 33.0 Å². The Labute approximate surface area is 198 Å². The number of phenolic OH excluding ortho intramolecular Hbond substituents is 1. The van der Waals surface area contributed by atoms with Crippen LogP contribution in [-0.4, -0.2) is 24.9 Å².